The molecule has 0 radical (unpaired) electrons. The molecule has 2 aliphatic rings. The molecule has 0 atom stereocenters. The van der Waals surface area contributed by atoms with Gasteiger partial charge in [-0.05, 0) is 38.7 Å². The van der Waals surface area contributed by atoms with E-state index in [9.17, 15) is 4.79 Å². The van der Waals surface area contributed by atoms with E-state index in [1.54, 1.807) is 17.7 Å². The number of hydrogen-bond acceptors (Lipinski definition) is 7. The summed E-state index contributed by atoms with van der Waals surface area (Å²) >= 11 is 3.31. The monoisotopic (exact) mass is 406 g/mol. The maximum atomic E-state index is 12.4. The molecule has 2 aromatic heterocycles. The highest BCUT2D eigenvalue weighted by atomic mass is 32.2. The predicted molar refractivity (Wildman–Crippen MR) is 110 cm³/mol. The summed E-state index contributed by atoms with van der Waals surface area (Å²) in [4.78, 5) is 26.2. The zero-order chi connectivity index (χ0) is 18.9. The lowest BCUT2D eigenvalue weighted by Crippen LogP contribution is -2.55. The Hall–Kier alpha value is -1.22. The summed E-state index contributed by atoms with van der Waals surface area (Å²) in [6.45, 7) is 8.35. The number of nitrogens with zero attached hydrogens (tertiary/aromatic N) is 3. The summed E-state index contributed by atoms with van der Waals surface area (Å²) in [5.74, 6) is 0.440. The minimum atomic E-state index is -0.0690. The number of rotatable bonds is 6. The zero-order valence-electron chi connectivity index (χ0n) is 15.9. The molecule has 27 heavy (non-hydrogen) atoms. The Bertz CT molecular complexity index is 830. The van der Waals surface area contributed by atoms with Crippen LogP contribution >= 0.6 is 23.1 Å². The van der Waals surface area contributed by atoms with Crippen molar-refractivity contribution in [2.24, 2.45) is 0 Å². The molecule has 1 amide bonds. The van der Waals surface area contributed by atoms with E-state index < -0.39 is 0 Å². The fourth-order valence-corrected chi connectivity index (χ4v) is 5.94. The normalized spacial score (nSPS) is 18.0. The van der Waals surface area contributed by atoms with Crippen molar-refractivity contribution >= 4 is 39.2 Å². The van der Waals surface area contributed by atoms with E-state index in [2.05, 4.69) is 34.0 Å². The Morgan fingerprint density at radius 1 is 1.33 bits per heavy atom. The van der Waals surface area contributed by atoms with Crippen LogP contribution in [0.1, 0.15) is 30.7 Å². The molecular weight excluding hydrogens is 380 g/mol. The van der Waals surface area contributed by atoms with Gasteiger partial charge in [0, 0.05) is 35.4 Å². The minimum absolute atomic E-state index is 0.0555. The first-order chi connectivity index (χ1) is 13.0. The van der Waals surface area contributed by atoms with Crippen molar-refractivity contribution in [2.75, 3.05) is 38.6 Å². The largest absolute Gasteiger partial charge is 0.379 e. The van der Waals surface area contributed by atoms with E-state index in [4.69, 9.17) is 4.74 Å². The van der Waals surface area contributed by atoms with Gasteiger partial charge in [0.05, 0.1) is 19.0 Å². The Morgan fingerprint density at radius 2 is 2.15 bits per heavy atom. The van der Waals surface area contributed by atoms with Gasteiger partial charge in [-0.1, -0.05) is 11.8 Å². The lowest BCUT2D eigenvalue weighted by molar-refractivity contribution is -0.119. The first-order valence-corrected chi connectivity index (χ1v) is 11.3. The maximum Gasteiger partial charge on any atom is 0.230 e. The van der Waals surface area contributed by atoms with E-state index in [1.807, 2.05) is 0 Å². The molecule has 6 nitrogen and oxygen atoms in total. The molecule has 0 aromatic carbocycles. The molecule has 146 valence electrons. The number of thioether (sulfide) groups is 1. The van der Waals surface area contributed by atoms with Crippen molar-refractivity contribution in [3.05, 3.63) is 16.8 Å². The van der Waals surface area contributed by atoms with E-state index in [-0.39, 0.29) is 11.4 Å². The number of aryl methyl sites for hydroxylation is 2. The first-order valence-electron chi connectivity index (χ1n) is 9.52. The molecule has 8 heteroatoms. The van der Waals surface area contributed by atoms with Crippen molar-refractivity contribution in [3.63, 3.8) is 0 Å². The Labute approximate surface area is 168 Å². The van der Waals surface area contributed by atoms with Crippen LogP contribution in [0.2, 0.25) is 0 Å². The second kappa shape index (κ2) is 8.03. The number of fused-ring (bicyclic) bond motifs is 3. The third-order valence-electron chi connectivity index (χ3n) is 5.39. The average Bonchev–Trinajstić information content (AvgIpc) is 3.26. The first kappa shape index (κ1) is 19.1. The molecule has 1 aliphatic heterocycles. The SMILES string of the molecule is CC(C)(CNC(=O)CSc1ncnc2sc3c(c12)CCC3)N1CCOCC1. The predicted octanol–water partition coefficient (Wildman–Crippen LogP) is 2.50. The van der Waals surface area contributed by atoms with E-state index in [1.165, 1.54) is 34.0 Å². The Kier molecular flexibility index (Phi) is 5.68. The minimum Gasteiger partial charge on any atom is -0.379 e. The number of carbonyl (C=O) groups is 1. The number of aromatic nitrogens is 2. The number of morpholine rings is 1. The third-order valence-corrected chi connectivity index (χ3v) is 7.58. The van der Waals surface area contributed by atoms with Crippen LogP contribution < -0.4 is 5.32 Å². The van der Waals surface area contributed by atoms with Gasteiger partial charge in [-0.25, -0.2) is 9.97 Å². The van der Waals surface area contributed by atoms with Crippen LogP contribution in [0.25, 0.3) is 10.2 Å². The second-order valence-corrected chi connectivity index (χ2v) is 9.74. The molecule has 2 aromatic rings. The number of ether oxygens (including phenoxy) is 1. The van der Waals surface area contributed by atoms with Crippen LogP contribution in [0.4, 0.5) is 0 Å². The summed E-state index contributed by atoms with van der Waals surface area (Å²) < 4.78 is 5.42. The fourth-order valence-electron chi connectivity index (χ4n) is 3.79. The molecule has 1 fully saturated rings. The maximum absolute atomic E-state index is 12.4. The number of hydrogen-bond donors (Lipinski definition) is 1. The van der Waals surface area contributed by atoms with E-state index >= 15 is 0 Å². The van der Waals surface area contributed by atoms with Crippen molar-refractivity contribution in [1.82, 2.24) is 20.2 Å². The highest BCUT2D eigenvalue weighted by molar-refractivity contribution is 8.00. The van der Waals surface area contributed by atoms with Crippen LogP contribution in [0.5, 0.6) is 0 Å². The fraction of sp³-hybridized carbons (Fsp3) is 0.632. The van der Waals surface area contributed by atoms with Gasteiger partial charge in [0.25, 0.3) is 0 Å². The summed E-state index contributed by atoms with van der Waals surface area (Å²) in [5.41, 5.74) is 1.34. The molecule has 1 aliphatic carbocycles. The molecule has 3 heterocycles. The molecule has 1 N–H and O–H groups in total. The topological polar surface area (TPSA) is 67.4 Å². The smallest absolute Gasteiger partial charge is 0.230 e. The highest BCUT2D eigenvalue weighted by Gasteiger charge is 2.28. The zero-order valence-corrected chi connectivity index (χ0v) is 17.5. The van der Waals surface area contributed by atoms with Crippen LogP contribution in [0.15, 0.2) is 11.4 Å². The third kappa shape index (κ3) is 4.13. The van der Waals surface area contributed by atoms with Crippen molar-refractivity contribution < 1.29 is 9.53 Å². The summed E-state index contributed by atoms with van der Waals surface area (Å²) in [6.07, 6.45) is 5.09. The number of thiophene rings is 1. The van der Waals surface area contributed by atoms with Gasteiger partial charge in [0.2, 0.25) is 5.91 Å². The molecule has 0 spiro atoms. The van der Waals surface area contributed by atoms with Gasteiger partial charge in [-0.15, -0.1) is 11.3 Å². The van der Waals surface area contributed by atoms with E-state index in [0.717, 1.165) is 49.0 Å². The van der Waals surface area contributed by atoms with Crippen LogP contribution in [-0.2, 0) is 22.4 Å². The standard InChI is InChI=1S/C19H26N4O2S2/c1-19(2,23-6-8-25-9-7-23)11-20-15(24)10-26-17-16-13-4-3-5-14(13)27-18(16)22-12-21-17/h12H,3-11H2,1-2H3,(H,20,24). The summed E-state index contributed by atoms with van der Waals surface area (Å²) in [5, 5.41) is 5.23. The Balaban J connectivity index is 1.35. The Morgan fingerprint density at radius 3 is 2.96 bits per heavy atom. The van der Waals surface area contributed by atoms with Crippen molar-refractivity contribution in [2.45, 2.75) is 43.7 Å². The number of amides is 1. The van der Waals surface area contributed by atoms with Crippen molar-refractivity contribution in [1.29, 1.82) is 0 Å². The van der Waals surface area contributed by atoms with Crippen LogP contribution in [0.3, 0.4) is 0 Å². The van der Waals surface area contributed by atoms with Gasteiger partial charge >= 0.3 is 0 Å². The van der Waals surface area contributed by atoms with Crippen LogP contribution in [-0.4, -0.2) is 64.9 Å². The molecular formula is C19H26N4O2S2. The quantitative estimate of drug-likeness (QED) is 0.587. The summed E-state index contributed by atoms with van der Waals surface area (Å²) in [7, 11) is 0. The second-order valence-electron chi connectivity index (χ2n) is 7.69. The number of carbonyl (C=O) groups excluding carboxylic acids is 1. The lowest BCUT2D eigenvalue weighted by Gasteiger charge is -2.40. The number of nitrogens with one attached hydrogen (secondary N) is 1. The molecule has 0 bridgehead atoms. The lowest BCUT2D eigenvalue weighted by atomic mass is 10.0. The van der Waals surface area contributed by atoms with Gasteiger partial charge < -0.3 is 10.1 Å². The summed E-state index contributed by atoms with van der Waals surface area (Å²) in [6, 6.07) is 0. The van der Waals surface area contributed by atoms with E-state index in [0.29, 0.717) is 12.3 Å². The molecule has 4 rings (SSSR count). The average molecular weight is 407 g/mol. The van der Waals surface area contributed by atoms with Gasteiger partial charge in [0.1, 0.15) is 16.2 Å². The molecule has 0 unspecified atom stereocenters. The van der Waals surface area contributed by atoms with Crippen LogP contribution in [0, 0.1) is 0 Å². The molecule has 1 saturated heterocycles. The van der Waals surface area contributed by atoms with Gasteiger partial charge in [0.15, 0.2) is 0 Å². The highest BCUT2D eigenvalue weighted by Crippen LogP contribution is 2.39. The van der Waals surface area contributed by atoms with Gasteiger partial charge in [-0.2, -0.15) is 0 Å². The molecule has 0 saturated carbocycles. The van der Waals surface area contributed by atoms with Crippen molar-refractivity contribution in [3.8, 4) is 0 Å². The van der Waals surface area contributed by atoms with Gasteiger partial charge in [-0.3, -0.25) is 9.69 Å².